The third kappa shape index (κ3) is 6.28. The van der Waals surface area contributed by atoms with Gasteiger partial charge in [0.2, 0.25) is 0 Å². The molecule has 0 bridgehead atoms. The highest BCUT2D eigenvalue weighted by molar-refractivity contribution is 6.26. The van der Waals surface area contributed by atoms with Gasteiger partial charge in [-0.05, 0) is 67.3 Å². The maximum atomic E-state index is 13.4. The van der Waals surface area contributed by atoms with Gasteiger partial charge in [0, 0.05) is 23.1 Å². The number of phenolic OH excluding ortho intramolecular Hbond substituents is 3. The van der Waals surface area contributed by atoms with Gasteiger partial charge in [0.25, 0.3) is 0 Å². The lowest BCUT2D eigenvalue weighted by atomic mass is 9.81. The van der Waals surface area contributed by atoms with Crippen molar-refractivity contribution in [1.29, 1.82) is 0 Å². The minimum atomic E-state index is -2.93. The molecule has 4 rings (SSSR count). The molecule has 0 spiro atoms. The SMILES string of the molecule is CCC(C)C=C(C)C=CC(=O)CC1=C(c2cc(O)c(O)cc2C2=C(O)C(=Cc3ccc(O)cc3)OC2=O)C(O)(C(C)=O)C(O)C1=O. The maximum absolute atomic E-state index is 13.4. The molecule has 0 aromatic heterocycles. The number of allylic oxidation sites excluding steroid dienone is 4. The van der Waals surface area contributed by atoms with Gasteiger partial charge in [-0.1, -0.05) is 50.1 Å². The van der Waals surface area contributed by atoms with Crippen LogP contribution >= 0.6 is 0 Å². The zero-order valence-corrected chi connectivity index (χ0v) is 25.6. The van der Waals surface area contributed by atoms with Crippen LogP contribution in [-0.2, 0) is 23.9 Å². The number of phenols is 3. The Hall–Kier alpha value is -5.26. The van der Waals surface area contributed by atoms with Crippen molar-refractivity contribution in [3.8, 4) is 17.2 Å². The Morgan fingerprint density at radius 2 is 1.59 bits per heavy atom. The molecular formula is C35H34O11. The van der Waals surface area contributed by atoms with Crippen molar-refractivity contribution in [2.75, 3.05) is 0 Å². The van der Waals surface area contributed by atoms with Crippen molar-refractivity contribution >= 4 is 40.5 Å². The zero-order chi connectivity index (χ0) is 34.1. The molecule has 0 saturated heterocycles. The van der Waals surface area contributed by atoms with E-state index in [4.69, 9.17) is 4.74 Å². The quantitative estimate of drug-likeness (QED) is 0.0952. The first-order valence-electron chi connectivity index (χ1n) is 14.4. The number of Topliss-reactive ketones (excluding diaryl/α,β-unsaturated/α-hetero) is 2. The molecular weight excluding hydrogens is 596 g/mol. The van der Waals surface area contributed by atoms with Crippen molar-refractivity contribution in [3.05, 3.63) is 94.0 Å². The van der Waals surface area contributed by atoms with E-state index in [2.05, 4.69) is 0 Å². The average molecular weight is 631 g/mol. The van der Waals surface area contributed by atoms with E-state index < -0.39 is 81.0 Å². The van der Waals surface area contributed by atoms with Crippen molar-refractivity contribution in [2.24, 2.45) is 5.92 Å². The summed E-state index contributed by atoms with van der Waals surface area (Å²) in [4.78, 5) is 52.5. The van der Waals surface area contributed by atoms with Crippen LogP contribution in [0.15, 0.2) is 77.3 Å². The van der Waals surface area contributed by atoms with Gasteiger partial charge in [-0.15, -0.1) is 0 Å². The van der Waals surface area contributed by atoms with E-state index in [9.17, 15) is 49.8 Å². The van der Waals surface area contributed by atoms with E-state index in [-0.39, 0.29) is 23.0 Å². The molecule has 0 saturated carbocycles. The molecule has 46 heavy (non-hydrogen) atoms. The molecule has 11 nitrogen and oxygen atoms in total. The van der Waals surface area contributed by atoms with Crippen LogP contribution in [0.25, 0.3) is 17.2 Å². The third-order valence-electron chi connectivity index (χ3n) is 7.96. The predicted octanol–water partition coefficient (Wildman–Crippen LogP) is 4.20. The van der Waals surface area contributed by atoms with Crippen LogP contribution in [0.4, 0.5) is 0 Å². The fourth-order valence-corrected chi connectivity index (χ4v) is 5.30. The summed E-state index contributed by atoms with van der Waals surface area (Å²) in [7, 11) is 0. The fourth-order valence-electron chi connectivity index (χ4n) is 5.30. The van der Waals surface area contributed by atoms with Gasteiger partial charge in [-0.25, -0.2) is 4.79 Å². The second-order valence-electron chi connectivity index (χ2n) is 11.3. The Morgan fingerprint density at radius 1 is 0.978 bits per heavy atom. The number of benzene rings is 2. The molecule has 240 valence electrons. The molecule has 0 fully saturated rings. The Kier molecular flexibility index (Phi) is 9.50. The zero-order valence-electron chi connectivity index (χ0n) is 25.6. The minimum Gasteiger partial charge on any atom is -0.508 e. The van der Waals surface area contributed by atoms with Crippen molar-refractivity contribution < 1.29 is 54.6 Å². The van der Waals surface area contributed by atoms with Gasteiger partial charge < -0.3 is 35.4 Å². The number of aromatic hydroxyl groups is 3. The average Bonchev–Trinajstić information content (AvgIpc) is 3.38. The number of hydrogen-bond acceptors (Lipinski definition) is 11. The van der Waals surface area contributed by atoms with Crippen molar-refractivity contribution in [2.45, 2.75) is 52.2 Å². The number of carbonyl (C=O) groups is 4. The highest BCUT2D eigenvalue weighted by Gasteiger charge is 2.56. The summed E-state index contributed by atoms with van der Waals surface area (Å²) in [6, 6.07) is 7.36. The summed E-state index contributed by atoms with van der Waals surface area (Å²) in [5.74, 6) is -6.40. The minimum absolute atomic E-state index is 0.0303. The van der Waals surface area contributed by atoms with E-state index in [1.54, 1.807) is 13.0 Å². The Balaban J connectivity index is 1.93. The molecule has 1 heterocycles. The van der Waals surface area contributed by atoms with E-state index >= 15 is 0 Å². The second kappa shape index (κ2) is 13.0. The standard InChI is InChI=1S/C35H34O11/c1-5-17(2)12-18(3)6-9-22(38)14-25-30(35(45,19(4)36)33(43)31(25)41)24-16-27(40)26(39)15-23(24)29-32(42)28(46-34(29)44)13-20-7-10-21(37)11-8-20/h6-13,15-17,33,37,39-40,42-43,45H,5,14H2,1-4H3. The first kappa shape index (κ1) is 33.6. The lowest BCUT2D eigenvalue weighted by Gasteiger charge is -2.28. The Morgan fingerprint density at radius 3 is 2.17 bits per heavy atom. The summed E-state index contributed by atoms with van der Waals surface area (Å²) >= 11 is 0. The van der Waals surface area contributed by atoms with Gasteiger partial charge in [-0.2, -0.15) is 0 Å². The summed E-state index contributed by atoms with van der Waals surface area (Å²) in [6.45, 7) is 6.70. The molecule has 2 aromatic carbocycles. The first-order chi connectivity index (χ1) is 21.6. The summed E-state index contributed by atoms with van der Waals surface area (Å²) in [5, 5.41) is 64.0. The molecule has 2 aromatic rings. The number of aliphatic hydroxyl groups is 3. The number of carbonyl (C=O) groups excluding carboxylic acids is 4. The number of aliphatic hydroxyl groups excluding tert-OH is 2. The highest BCUT2D eigenvalue weighted by atomic mass is 16.6. The molecule has 3 unspecified atom stereocenters. The number of cyclic esters (lactones) is 1. The topological polar surface area (TPSA) is 199 Å². The third-order valence-corrected chi connectivity index (χ3v) is 7.96. The normalized spacial score (nSPS) is 21.9. The lowest BCUT2D eigenvalue weighted by Crippen LogP contribution is -2.48. The summed E-state index contributed by atoms with van der Waals surface area (Å²) < 4.78 is 5.25. The predicted molar refractivity (Wildman–Crippen MR) is 167 cm³/mol. The summed E-state index contributed by atoms with van der Waals surface area (Å²) in [5.41, 5.74) is -4.13. The maximum Gasteiger partial charge on any atom is 0.348 e. The number of rotatable bonds is 10. The molecule has 3 atom stereocenters. The van der Waals surface area contributed by atoms with Crippen LogP contribution in [0.3, 0.4) is 0 Å². The fraction of sp³-hybridized carbons (Fsp3) is 0.257. The van der Waals surface area contributed by atoms with Crippen LogP contribution in [0.5, 0.6) is 17.2 Å². The Labute approximate surface area is 264 Å². The number of ketones is 3. The molecule has 6 N–H and O–H groups in total. The molecule has 2 aliphatic rings. The van der Waals surface area contributed by atoms with Crippen LogP contribution in [-0.4, -0.2) is 65.7 Å². The first-order valence-corrected chi connectivity index (χ1v) is 14.4. The molecule has 0 radical (unpaired) electrons. The lowest BCUT2D eigenvalue weighted by molar-refractivity contribution is -0.145. The molecule has 1 aliphatic heterocycles. The smallest absolute Gasteiger partial charge is 0.348 e. The number of esters is 1. The van der Waals surface area contributed by atoms with E-state index in [0.717, 1.165) is 31.1 Å². The largest absolute Gasteiger partial charge is 0.508 e. The second-order valence-corrected chi connectivity index (χ2v) is 11.3. The van der Waals surface area contributed by atoms with Crippen molar-refractivity contribution in [3.63, 3.8) is 0 Å². The monoisotopic (exact) mass is 630 g/mol. The van der Waals surface area contributed by atoms with Crippen LogP contribution in [0.2, 0.25) is 0 Å². The van der Waals surface area contributed by atoms with E-state index in [1.165, 1.54) is 36.4 Å². The number of ether oxygens (including phenoxy) is 1. The van der Waals surface area contributed by atoms with E-state index in [1.807, 2.05) is 19.9 Å². The highest BCUT2D eigenvalue weighted by Crippen LogP contribution is 2.48. The van der Waals surface area contributed by atoms with Gasteiger partial charge in [0.1, 0.15) is 11.3 Å². The molecule has 11 heteroatoms. The Bertz CT molecular complexity index is 1790. The summed E-state index contributed by atoms with van der Waals surface area (Å²) in [6.07, 6.45) is 3.83. The van der Waals surface area contributed by atoms with Crippen LogP contribution in [0.1, 0.15) is 57.2 Å². The molecule has 0 amide bonds. The molecule has 1 aliphatic carbocycles. The number of hydrogen-bond donors (Lipinski definition) is 6. The van der Waals surface area contributed by atoms with Gasteiger partial charge >= 0.3 is 5.97 Å². The van der Waals surface area contributed by atoms with E-state index in [0.29, 0.717) is 5.56 Å². The van der Waals surface area contributed by atoms with Crippen LogP contribution in [0, 0.1) is 5.92 Å². The van der Waals surface area contributed by atoms with Gasteiger partial charge in [-0.3, -0.25) is 14.4 Å². The van der Waals surface area contributed by atoms with Crippen molar-refractivity contribution in [1.82, 2.24) is 0 Å². The van der Waals surface area contributed by atoms with Gasteiger partial charge in [0.15, 0.2) is 52.1 Å². The van der Waals surface area contributed by atoms with Gasteiger partial charge in [0.05, 0.1) is 0 Å². The van der Waals surface area contributed by atoms with Crippen LogP contribution < -0.4 is 0 Å².